The van der Waals surface area contributed by atoms with Crippen molar-refractivity contribution in [3.05, 3.63) is 64.1 Å². The minimum atomic E-state index is 0.554. The molecule has 23 heavy (non-hydrogen) atoms. The van der Waals surface area contributed by atoms with Gasteiger partial charge in [-0.2, -0.15) is 4.73 Å². The van der Waals surface area contributed by atoms with Crippen LogP contribution in [0, 0.1) is 5.21 Å². The Balaban J connectivity index is 1.67. The molecule has 3 rings (SSSR count). The fourth-order valence-corrected chi connectivity index (χ4v) is 3.49. The monoisotopic (exact) mass is 331 g/mol. The Morgan fingerprint density at radius 3 is 2.78 bits per heavy atom. The smallest absolute Gasteiger partial charge is 0.183 e. The maximum absolute atomic E-state index is 11.3. The van der Waals surface area contributed by atoms with Gasteiger partial charge in [-0.1, -0.05) is 30.9 Å². The fourth-order valence-electron chi connectivity index (χ4n) is 3.31. The topological polar surface area (TPSA) is 36.2 Å². The molecule has 2 aromatic rings. The maximum Gasteiger partial charge on any atom is 0.183 e. The molecule has 122 valence electrons. The molecule has 0 unspecified atom stereocenters. The lowest BCUT2D eigenvalue weighted by atomic mass is 9.84. The predicted octanol–water partition coefficient (Wildman–Crippen LogP) is 4.64. The van der Waals surface area contributed by atoms with Gasteiger partial charge in [-0.25, -0.2) is 0 Å². The Labute approximate surface area is 142 Å². The van der Waals surface area contributed by atoms with Crippen LogP contribution in [0.4, 0.5) is 0 Å². The molecule has 4 heteroatoms. The lowest BCUT2D eigenvalue weighted by Crippen LogP contribution is -2.25. The van der Waals surface area contributed by atoms with Crippen molar-refractivity contribution >= 4 is 11.6 Å². The highest BCUT2D eigenvalue weighted by atomic mass is 35.5. The molecule has 0 amide bonds. The van der Waals surface area contributed by atoms with E-state index in [4.69, 9.17) is 16.3 Å². The van der Waals surface area contributed by atoms with E-state index in [9.17, 15) is 5.21 Å². The first-order chi connectivity index (χ1) is 11.2. The Morgan fingerprint density at radius 1 is 1.17 bits per heavy atom. The van der Waals surface area contributed by atoms with Crippen LogP contribution in [0.2, 0.25) is 5.02 Å². The number of hydrogen-bond donors (Lipinski definition) is 0. The molecule has 0 bridgehead atoms. The minimum Gasteiger partial charge on any atom is -0.619 e. The first kappa shape index (κ1) is 16.1. The molecule has 0 aliphatic heterocycles. The first-order valence-electron chi connectivity index (χ1n) is 8.32. The number of ether oxygens (including phenoxy) is 1. The van der Waals surface area contributed by atoms with Gasteiger partial charge in [0, 0.05) is 23.1 Å². The summed E-state index contributed by atoms with van der Waals surface area (Å²) < 4.78 is 6.84. The molecule has 1 aliphatic carbocycles. The highest BCUT2D eigenvalue weighted by Gasteiger charge is 2.19. The Hall–Kier alpha value is -1.74. The molecule has 0 atom stereocenters. The van der Waals surface area contributed by atoms with Crippen molar-refractivity contribution < 1.29 is 9.47 Å². The van der Waals surface area contributed by atoms with Crippen LogP contribution in [0.15, 0.2) is 42.7 Å². The zero-order chi connectivity index (χ0) is 16.1. The number of benzene rings is 1. The fraction of sp³-hybridized carbons (Fsp3) is 0.421. The van der Waals surface area contributed by atoms with E-state index in [0.717, 1.165) is 27.5 Å². The van der Waals surface area contributed by atoms with Crippen LogP contribution in [0.3, 0.4) is 0 Å². The molecule has 0 spiro atoms. The summed E-state index contributed by atoms with van der Waals surface area (Å²) in [6.45, 7) is 0.561. The summed E-state index contributed by atoms with van der Waals surface area (Å²) >= 11 is 6.19. The van der Waals surface area contributed by atoms with Gasteiger partial charge in [0.25, 0.3) is 0 Å². The minimum absolute atomic E-state index is 0.554. The second-order valence-electron chi connectivity index (χ2n) is 6.19. The van der Waals surface area contributed by atoms with Gasteiger partial charge >= 0.3 is 0 Å². The van der Waals surface area contributed by atoms with E-state index in [0.29, 0.717) is 12.5 Å². The number of aromatic nitrogens is 1. The Morgan fingerprint density at radius 2 is 2.00 bits per heavy atom. The standard InChI is InChI=1S/C19H22ClNO2/c20-17-8-9-19(18(13-17)16-6-2-1-3-7-16)23-12-10-15-5-4-11-21(22)14-15/h4-5,8-9,11,13-14,16H,1-3,6-7,10,12H2. The van der Waals surface area contributed by atoms with Gasteiger partial charge < -0.3 is 9.94 Å². The predicted molar refractivity (Wildman–Crippen MR) is 91.9 cm³/mol. The van der Waals surface area contributed by atoms with Crippen LogP contribution in [-0.2, 0) is 6.42 Å². The zero-order valence-electron chi connectivity index (χ0n) is 13.2. The van der Waals surface area contributed by atoms with Crippen molar-refractivity contribution in [2.45, 2.75) is 44.4 Å². The van der Waals surface area contributed by atoms with E-state index in [-0.39, 0.29) is 0 Å². The van der Waals surface area contributed by atoms with Crippen molar-refractivity contribution in [3.8, 4) is 5.75 Å². The third kappa shape index (κ3) is 4.38. The summed E-state index contributed by atoms with van der Waals surface area (Å²) in [4.78, 5) is 0. The number of pyridine rings is 1. The molecule has 1 aliphatic rings. The third-order valence-electron chi connectivity index (χ3n) is 4.50. The van der Waals surface area contributed by atoms with E-state index in [1.165, 1.54) is 43.9 Å². The molecular formula is C19H22ClNO2. The van der Waals surface area contributed by atoms with E-state index >= 15 is 0 Å². The SMILES string of the molecule is [O-][n+]1cccc(CCOc2ccc(Cl)cc2C2CCCCC2)c1. The summed E-state index contributed by atoms with van der Waals surface area (Å²) in [7, 11) is 0. The lowest BCUT2D eigenvalue weighted by molar-refractivity contribution is -0.605. The van der Waals surface area contributed by atoms with Crippen LogP contribution in [0.5, 0.6) is 5.75 Å². The van der Waals surface area contributed by atoms with Gasteiger partial charge in [-0.15, -0.1) is 0 Å². The summed E-state index contributed by atoms with van der Waals surface area (Å²) in [5.74, 6) is 1.49. The highest BCUT2D eigenvalue weighted by molar-refractivity contribution is 6.30. The zero-order valence-corrected chi connectivity index (χ0v) is 14.0. The Bertz CT molecular complexity index is 654. The maximum atomic E-state index is 11.3. The first-order valence-corrected chi connectivity index (χ1v) is 8.70. The molecule has 0 N–H and O–H groups in total. The lowest BCUT2D eigenvalue weighted by Gasteiger charge is -2.24. The molecule has 1 fully saturated rings. The molecule has 1 aromatic carbocycles. The van der Waals surface area contributed by atoms with Crippen LogP contribution < -0.4 is 9.47 Å². The summed E-state index contributed by atoms with van der Waals surface area (Å²) in [6.07, 6.45) is 10.1. The molecular weight excluding hydrogens is 310 g/mol. The van der Waals surface area contributed by atoms with Crippen molar-refractivity contribution in [1.82, 2.24) is 0 Å². The van der Waals surface area contributed by atoms with Crippen LogP contribution in [-0.4, -0.2) is 6.61 Å². The summed E-state index contributed by atoms with van der Waals surface area (Å²) in [5, 5.41) is 12.1. The number of hydrogen-bond acceptors (Lipinski definition) is 2. The molecule has 1 aromatic heterocycles. The molecule has 1 saturated carbocycles. The van der Waals surface area contributed by atoms with Crippen molar-refractivity contribution in [2.24, 2.45) is 0 Å². The third-order valence-corrected chi connectivity index (χ3v) is 4.74. The number of halogens is 1. The van der Waals surface area contributed by atoms with Gasteiger partial charge in [0.05, 0.1) is 6.61 Å². The summed E-state index contributed by atoms with van der Waals surface area (Å²) in [6, 6.07) is 9.63. The molecule has 1 heterocycles. The number of rotatable bonds is 5. The van der Waals surface area contributed by atoms with Crippen molar-refractivity contribution in [1.29, 1.82) is 0 Å². The molecule has 0 radical (unpaired) electrons. The van der Waals surface area contributed by atoms with Gasteiger partial charge in [0.15, 0.2) is 12.4 Å². The van der Waals surface area contributed by atoms with E-state index in [1.54, 1.807) is 12.3 Å². The van der Waals surface area contributed by atoms with Gasteiger partial charge in [0.1, 0.15) is 5.75 Å². The average molecular weight is 332 g/mol. The van der Waals surface area contributed by atoms with Gasteiger partial charge in [0.2, 0.25) is 0 Å². The van der Waals surface area contributed by atoms with Crippen LogP contribution in [0.25, 0.3) is 0 Å². The van der Waals surface area contributed by atoms with Gasteiger partial charge in [-0.3, -0.25) is 0 Å². The van der Waals surface area contributed by atoms with E-state index in [2.05, 4.69) is 6.07 Å². The summed E-state index contributed by atoms with van der Waals surface area (Å²) in [5.41, 5.74) is 2.22. The van der Waals surface area contributed by atoms with Gasteiger partial charge in [-0.05, 0) is 48.6 Å². The number of nitrogens with zero attached hydrogens (tertiary/aromatic N) is 1. The second kappa shape index (κ2) is 7.69. The average Bonchev–Trinajstić information content (AvgIpc) is 2.57. The highest BCUT2D eigenvalue weighted by Crippen LogP contribution is 2.38. The second-order valence-corrected chi connectivity index (χ2v) is 6.62. The van der Waals surface area contributed by atoms with Crippen molar-refractivity contribution in [3.63, 3.8) is 0 Å². The van der Waals surface area contributed by atoms with Crippen LogP contribution in [0.1, 0.15) is 49.1 Å². The quantitative estimate of drug-likeness (QED) is 0.591. The molecule has 0 saturated heterocycles. The van der Waals surface area contributed by atoms with E-state index in [1.807, 2.05) is 18.2 Å². The van der Waals surface area contributed by atoms with E-state index < -0.39 is 0 Å². The molecule has 3 nitrogen and oxygen atoms in total. The Kier molecular flexibility index (Phi) is 5.39. The normalized spacial score (nSPS) is 15.5. The van der Waals surface area contributed by atoms with Crippen molar-refractivity contribution in [2.75, 3.05) is 6.61 Å². The largest absolute Gasteiger partial charge is 0.619 e. The van der Waals surface area contributed by atoms with Crippen LogP contribution >= 0.6 is 11.6 Å².